The van der Waals surface area contributed by atoms with Gasteiger partial charge in [-0.2, -0.15) is 0 Å². The molecule has 1 aliphatic rings. The van der Waals surface area contributed by atoms with Gasteiger partial charge in [0.2, 0.25) is 5.75 Å². The average molecular weight is 757 g/mol. The first-order valence-corrected chi connectivity index (χ1v) is 16.8. The fraction of sp³-hybridized carbons (Fsp3) is 0.265. The maximum Gasteiger partial charge on any atom is 0.338 e. The number of carbonyl (C=O) groups excluding carboxylic acids is 1. The van der Waals surface area contributed by atoms with Crippen LogP contribution in [0, 0.1) is 10.1 Å². The van der Waals surface area contributed by atoms with E-state index in [2.05, 4.69) is 20.9 Å². The first-order valence-electron chi connectivity index (χ1n) is 14.8. The third-order valence-electron chi connectivity index (χ3n) is 7.22. The number of rotatable bonds is 11. The Balaban J connectivity index is 1.61. The summed E-state index contributed by atoms with van der Waals surface area (Å²) in [6.07, 6.45) is 1.44. The minimum absolute atomic E-state index is 0.0436. The molecule has 0 N–H and O–H groups in total. The van der Waals surface area contributed by atoms with Crippen LogP contribution >= 0.6 is 38.9 Å². The van der Waals surface area contributed by atoms with Crippen LogP contribution < -0.4 is 29.1 Å². The molecule has 0 saturated carbocycles. The summed E-state index contributed by atoms with van der Waals surface area (Å²) in [5.41, 5.74) is 1.61. The lowest BCUT2D eigenvalue weighted by Crippen LogP contribution is -2.40. The molecule has 1 aromatic heterocycles. The minimum atomic E-state index is -0.894. The molecule has 1 aliphatic heterocycles. The van der Waals surface area contributed by atoms with Gasteiger partial charge in [-0.25, -0.2) is 9.79 Å². The maximum absolute atomic E-state index is 14.1. The molecule has 0 unspecified atom stereocenters. The minimum Gasteiger partial charge on any atom is -0.493 e. The summed E-state index contributed by atoms with van der Waals surface area (Å²) < 4.78 is 24.7. The van der Waals surface area contributed by atoms with Crippen LogP contribution in [0.25, 0.3) is 6.08 Å². The molecule has 14 heteroatoms. The number of benzene rings is 3. The molecule has 0 amide bonds. The van der Waals surface area contributed by atoms with E-state index in [1.54, 1.807) is 68.5 Å². The Bertz CT molecular complexity index is 2110. The van der Waals surface area contributed by atoms with Gasteiger partial charge in [0.1, 0.15) is 6.61 Å². The molecule has 0 fully saturated rings. The third kappa shape index (κ3) is 7.33. The number of ether oxygens (including phenoxy) is 4. The van der Waals surface area contributed by atoms with E-state index in [-0.39, 0.29) is 40.9 Å². The molecule has 3 aromatic carbocycles. The van der Waals surface area contributed by atoms with Gasteiger partial charge in [-0.05, 0) is 96.7 Å². The van der Waals surface area contributed by atoms with Gasteiger partial charge in [0.15, 0.2) is 16.3 Å². The number of nitrogens with zero attached hydrogens (tertiary/aromatic N) is 3. The van der Waals surface area contributed by atoms with Crippen LogP contribution in [0.4, 0.5) is 5.69 Å². The van der Waals surface area contributed by atoms with Crippen molar-refractivity contribution in [2.45, 2.75) is 46.4 Å². The van der Waals surface area contributed by atoms with E-state index in [1.165, 1.54) is 17.7 Å². The van der Waals surface area contributed by atoms with Crippen LogP contribution in [0.15, 0.2) is 80.1 Å². The second kappa shape index (κ2) is 14.8. The largest absolute Gasteiger partial charge is 0.493 e. The van der Waals surface area contributed by atoms with Gasteiger partial charge in [-0.1, -0.05) is 41.1 Å². The van der Waals surface area contributed by atoms with E-state index >= 15 is 0 Å². The number of thiazole rings is 1. The first kappa shape index (κ1) is 34.9. The van der Waals surface area contributed by atoms with Crippen LogP contribution in [-0.4, -0.2) is 35.3 Å². The number of halogens is 2. The molecule has 48 heavy (non-hydrogen) atoms. The Labute approximate surface area is 293 Å². The standard InChI is InChI=1S/C34H31BrClN3O8S/c1-6-45-33(41)29-19(4)37-34-38(30(29)22-9-12-26(47-18(2)3)27(16-22)44-5)32(40)28(48-34)15-21-13-24(35)31(25(14-21)39(42)43)46-17-20-7-10-23(36)11-8-20/h7-16,18,30H,6,17H2,1-5H3/b28-15+/t30-/m1/s1. The molecular formula is C34H31BrClN3O8S. The number of hydrogen-bond donors (Lipinski definition) is 0. The van der Waals surface area contributed by atoms with E-state index in [4.69, 9.17) is 30.5 Å². The molecule has 5 rings (SSSR count). The van der Waals surface area contributed by atoms with Crippen molar-refractivity contribution in [2.75, 3.05) is 13.7 Å². The molecule has 4 aromatic rings. The third-order valence-corrected chi connectivity index (χ3v) is 9.04. The lowest BCUT2D eigenvalue weighted by molar-refractivity contribution is -0.386. The highest BCUT2D eigenvalue weighted by Crippen LogP contribution is 2.38. The molecular weight excluding hydrogens is 726 g/mol. The Kier molecular flexibility index (Phi) is 10.7. The Hall–Kier alpha value is -4.46. The smallest absolute Gasteiger partial charge is 0.338 e. The van der Waals surface area contributed by atoms with Crippen molar-refractivity contribution in [2.24, 2.45) is 4.99 Å². The van der Waals surface area contributed by atoms with Crippen LogP contribution in [0.5, 0.6) is 17.2 Å². The fourth-order valence-electron chi connectivity index (χ4n) is 5.16. The highest BCUT2D eigenvalue weighted by atomic mass is 79.9. The molecule has 250 valence electrons. The van der Waals surface area contributed by atoms with Crippen molar-refractivity contribution in [3.8, 4) is 17.2 Å². The van der Waals surface area contributed by atoms with Crippen molar-refractivity contribution >= 4 is 56.6 Å². The van der Waals surface area contributed by atoms with Gasteiger partial charge < -0.3 is 18.9 Å². The predicted octanol–water partition coefficient (Wildman–Crippen LogP) is 6.50. The molecule has 0 spiro atoms. The normalized spacial score (nSPS) is 14.4. The van der Waals surface area contributed by atoms with Gasteiger partial charge in [0, 0.05) is 11.1 Å². The SMILES string of the molecule is CCOC(=O)C1=C(C)N=c2s/c(=C/c3cc(Br)c(OCc4ccc(Cl)cc4)c([N+](=O)[O-])c3)c(=O)n2[C@@H]1c1ccc(OC(C)C)c(OC)c1. The van der Waals surface area contributed by atoms with Gasteiger partial charge in [-0.15, -0.1) is 0 Å². The van der Waals surface area contributed by atoms with Crippen LogP contribution in [0.3, 0.4) is 0 Å². The highest BCUT2D eigenvalue weighted by molar-refractivity contribution is 9.10. The van der Waals surface area contributed by atoms with E-state index in [0.717, 1.165) is 16.9 Å². The van der Waals surface area contributed by atoms with Gasteiger partial charge in [0.05, 0.1) is 51.1 Å². The van der Waals surface area contributed by atoms with Crippen molar-refractivity contribution < 1.29 is 28.7 Å². The summed E-state index contributed by atoms with van der Waals surface area (Å²) in [6.45, 7) is 7.38. The zero-order valence-electron chi connectivity index (χ0n) is 26.6. The van der Waals surface area contributed by atoms with Crippen molar-refractivity contribution in [1.82, 2.24) is 4.57 Å². The van der Waals surface area contributed by atoms with Crippen molar-refractivity contribution in [3.63, 3.8) is 0 Å². The number of esters is 1. The number of aromatic nitrogens is 1. The zero-order chi connectivity index (χ0) is 34.7. The highest BCUT2D eigenvalue weighted by Gasteiger charge is 2.34. The second-order valence-corrected chi connectivity index (χ2v) is 13.2. The molecule has 1 atom stereocenters. The van der Waals surface area contributed by atoms with E-state index in [0.29, 0.717) is 42.6 Å². The zero-order valence-corrected chi connectivity index (χ0v) is 29.8. The number of nitro benzene ring substituents is 1. The molecule has 0 bridgehead atoms. The van der Waals surface area contributed by atoms with Gasteiger partial charge >= 0.3 is 11.7 Å². The van der Waals surface area contributed by atoms with E-state index in [9.17, 15) is 19.7 Å². The van der Waals surface area contributed by atoms with Crippen molar-refractivity contribution in [1.29, 1.82) is 0 Å². The van der Waals surface area contributed by atoms with E-state index in [1.807, 2.05) is 13.8 Å². The molecule has 0 aliphatic carbocycles. The summed E-state index contributed by atoms with van der Waals surface area (Å²) in [7, 11) is 1.51. The topological polar surface area (TPSA) is 131 Å². The number of hydrogen-bond acceptors (Lipinski definition) is 10. The summed E-state index contributed by atoms with van der Waals surface area (Å²) in [4.78, 5) is 43.9. The summed E-state index contributed by atoms with van der Waals surface area (Å²) in [5.74, 6) is 0.377. The molecule has 0 radical (unpaired) electrons. The predicted molar refractivity (Wildman–Crippen MR) is 186 cm³/mol. The number of fused-ring (bicyclic) bond motifs is 1. The van der Waals surface area contributed by atoms with Crippen molar-refractivity contribution in [3.05, 3.63) is 122 Å². The molecule has 2 heterocycles. The molecule has 0 saturated heterocycles. The first-order chi connectivity index (χ1) is 22.9. The Morgan fingerprint density at radius 1 is 1.17 bits per heavy atom. The van der Waals surface area contributed by atoms with Crippen LogP contribution in [0.1, 0.15) is 50.4 Å². The summed E-state index contributed by atoms with van der Waals surface area (Å²) in [6, 6.07) is 14.2. The average Bonchev–Trinajstić information content (AvgIpc) is 3.34. The number of carbonyl (C=O) groups is 1. The lowest BCUT2D eigenvalue weighted by atomic mass is 9.95. The quantitative estimate of drug-likeness (QED) is 0.0964. The molecule has 11 nitrogen and oxygen atoms in total. The Morgan fingerprint density at radius 3 is 2.54 bits per heavy atom. The lowest BCUT2D eigenvalue weighted by Gasteiger charge is -2.25. The second-order valence-electron chi connectivity index (χ2n) is 10.9. The monoisotopic (exact) mass is 755 g/mol. The summed E-state index contributed by atoms with van der Waals surface area (Å²) >= 11 is 10.5. The van der Waals surface area contributed by atoms with Gasteiger partial charge in [0.25, 0.3) is 5.56 Å². The van der Waals surface area contributed by atoms with Crippen LogP contribution in [0.2, 0.25) is 5.02 Å². The van der Waals surface area contributed by atoms with Gasteiger partial charge in [-0.3, -0.25) is 19.5 Å². The number of methoxy groups -OCH3 is 1. The number of allylic oxidation sites excluding steroid dienone is 1. The maximum atomic E-state index is 14.1. The van der Waals surface area contributed by atoms with E-state index < -0.39 is 22.5 Å². The fourth-order valence-corrected chi connectivity index (χ4v) is 6.92. The Morgan fingerprint density at radius 2 is 1.90 bits per heavy atom. The number of nitro groups is 1. The van der Waals surface area contributed by atoms with Crippen LogP contribution in [-0.2, 0) is 16.1 Å². The summed E-state index contributed by atoms with van der Waals surface area (Å²) in [5, 5.41) is 12.7.